The van der Waals surface area contributed by atoms with Crippen LogP contribution in [-0.4, -0.2) is 15.7 Å². The molecule has 1 aromatic heterocycles. The Morgan fingerprint density at radius 3 is 2.47 bits per heavy atom. The Hall–Kier alpha value is -1.39. The second-order valence-electron chi connectivity index (χ2n) is 3.87. The maximum atomic E-state index is 6.10. The fourth-order valence-corrected chi connectivity index (χ4v) is 2.19. The molecule has 2 rings (SSSR count). The number of nitrogens with zero attached hydrogens (tertiary/aromatic N) is 2. The molecule has 4 heteroatoms. The van der Waals surface area contributed by atoms with Gasteiger partial charge in [0.15, 0.2) is 5.16 Å². The van der Waals surface area contributed by atoms with Gasteiger partial charge in [-0.1, -0.05) is 42.1 Å². The highest BCUT2D eigenvalue weighted by Gasteiger charge is 2.06. The number of aromatic nitrogens is 2. The summed E-state index contributed by atoms with van der Waals surface area (Å²) < 4.78 is 0. The molecule has 0 aliphatic heterocycles. The van der Waals surface area contributed by atoms with Crippen molar-refractivity contribution in [2.45, 2.75) is 18.1 Å². The Balaban J connectivity index is 1.92. The molecule has 2 N–H and O–H groups in total. The van der Waals surface area contributed by atoms with Crippen LogP contribution >= 0.6 is 11.8 Å². The summed E-state index contributed by atoms with van der Waals surface area (Å²) in [7, 11) is 0. The zero-order chi connectivity index (χ0) is 12.1. The van der Waals surface area contributed by atoms with E-state index in [-0.39, 0.29) is 6.04 Å². The number of thioether (sulfide) groups is 1. The number of benzene rings is 1. The minimum Gasteiger partial charge on any atom is -0.323 e. The van der Waals surface area contributed by atoms with Crippen molar-refractivity contribution in [3.63, 3.8) is 0 Å². The minimum absolute atomic E-state index is 0.0195. The van der Waals surface area contributed by atoms with Crippen LogP contribution in [-0.2, 0) is 0 Å². The van der Waals surface area contributed by atoms with Crippen LogP contribution in [0.2, 0.25) is 0 Å². The van der Waals surface area contributed by atoms with Gasteiger partial charge >= 0.3 is 0 Å². The molecule has 1 atom stereocenters. The SMILES string of the molecule is Cc1cnc(SCC(N)c2ccccc2)nc1. The second kappa shape index (κ2) is 5.80. The third-order valence-electron chi connectivity index (χ3n) is 2.38. The molecule has 1 heterocycles. The van der Waals surface area contributed by atoms with Crippen molar-refractivity contribution < 1.29 is 0 Å². The molecular weight excluding hydrogens is 230 g/mol. The van der Waals surface area contributed by atoms with Crippen LogP contribution < -0.4 is 5.73 Å². The molecule has 1 aromatic carbocycles. The highest BCUT2D eigenvalue weighted by Crippen LogP contribution is 2.19. The zero-order valence-electron chi connectivity index (χ0n) is 9.71. The van der Waals surface area contributed by atoms with Crippen molar-refractivity contribution >= 4 is 11.8 Å². The molecule has 0 fully saturated rings. The lowest BCUT2D eigenvalue weighted by atomic mass is 10.1. The molecule has 0 radical (unpaired) electrons. The van der Waals surface area contributed by atoms with E-state index in [1.807, 2.05) is 49.6 Å². The van der Waals surface area contributed by atoms with Crippen molar-refractivity contribution in [3.8, 4) is 0 Å². The topological polar surface area (TPSA) is 51.8 Å². The lowest BCUT2D eigenvalue weighted by molar-refractivity contribution is 0.826. The van der Waals surface area contributed by atoms with Gasteiger partial charge in [0.05, 0.1) is 0 Å². The molecule has 0 saturated heterocycles. The van der Waals surface area contributed by atoms with Crippen LogP contribution in [0.3, 0.4) is 0 Å². The Kier molecular flexibility index (Phi) is 4.12. The van der Waals surface area contributed by atoms with E-state index in [9.17, 15) is 0 Å². The summed E-state index contributed by atoms with van der Waals surface area (Å²) in [6.07, 6.45) is 3.65. The molecule has 17 heavy (non-hydrogen) atoms. The van der Waals surface area contributed by atoms with E-state index >= 15 is 0 Å². The third kappa shape index (κ3) is 3.54. The summed E-state index contributed by atoms with van der Waals surface area (Å²) in [6.45, 7) is 1.98. The third-order valence-corrected chi connectivity index (χ3v) is 3.37. The van der Waals surface area contributed by atoms with Gasteiger partial charge < -0.3 is 5.73 Å². The minimum atomic E-state index is 0.0195. The van der Waals surface area contributed by atoms with Crippen LogP contribution in [0.15, 0.2) is 47.9 Å². The zero-order valence-corrected chi connectivity index (χ0v) is 10.5. The first kappa shape index (κ1) is 12.1. The summed E-state index contributed by atoms with van der Waals surface area (Å²) in [5.74, 6) is 0.785. The molecule has 0 aliphatic rings. The van der Waals surface area contributed by atoms with Crippen molar-refractivity contribution in [2.75, 3.05) is 5.75 Å². The van der Waals surface area contributed by atoms with E-state index in [2.05, 4.69) is 9.97 Å². The van der Waals surface area contributed by atoms with Crippen LogP contribution in [0, 0.1) is 6.92 Å². The van der Waals surface area contributed by atoms with Crippen molar-refractivity contribution in [1.82, 2.24) is 9.97 Å². The van der Waals surface area contributed by atoms with Gasteiger partial charge in [0.1, 0.15) is 0 Å². The Bertz CT molecular complexity index is 456. The first-order chi connectivity index (χ1) is 8.25. The molecular formula is C13H15N3S. The number of hydrogen-bond donors (Lipinski definition) is 1. The summed E-state index contributed by atoms with van der Waals surface area (Å²) in [6, 6.07) is 10.1. The van der Waals surface area contributed by atoms with Gasteiger partial charge in [0.25, 0.3) is 0 Å². The van der Waals surface area contributed by atoms with E-state index in [0.29, 0.717) is 0 Å². The van der Waals surface area contributed by atoms with Gasteiger partial charge in [0.2, 0.25) is 0 Å². The average molecular weight is 245 g/mol. The van der Waals surface area contributed by atoms with E-state index in [1.54, 1.807) is 11.8 Å². The molecule has 0 spiro atoms. The van der Waals surface area contributed by atoms with Gasteiger partial charge in [-0.25, -0.2) is 9.97 Å². The van der Waals surface area contributed by atoms with Gasteiger partial charge in [-0.15, -0.1) is 0 Å². The van der Waals surface area contributed by atoms with E-state index in [0.717, 1.165) is 22.0 Å². The molecule has 0 saturated carbocycles. The monoisotopic (exact) mass is 245 g/mol. The quantitative estimate of drug-likeness (QED) is 0.664. The predicted molar refractivity (Wildman–Crippen MR) is 70.9 cm³/mol. The van der Waals surface area contributed by atoms with Gasteiger partial charge in [-0.2, -0.15) is 0 Å². The smallest absolute Gasteiger partial charge is 0.187 e. The maximum Gasteiger partial charge on any atom is 0.187 e. The van der Waals surface area contributed by atoms with E-state index < -0.39 is 0 Å². The molecule has 88 valence electrons. The highest BCUT2D eigenvalue weighted by atomic mass is 32.2. The summed E-state index contributed by atoms with van der Waals surface area (Å²) in [5, 5.41) is 0.780. The van der Waals surface area contributed by atoms with Crippen molar-refractivity contribution in [3.05, 3.63) is 53.9 Å². The van der Waals surface area contributed by atoms with Gasteiger partial charge in [0, 0.05) is 24.2 Å². The fraction of sp³-hybridized carbons (Fsp3) is 0.231. The summed E-state index contributed by atoms with van der Waals surface area (Å²) in [5.41, 5.74) is 8.31. The molecule has 2 aromatic rings. The van der Waals surface area contributed by atoms with Crippen molar-refractivity contribution in [1.29, 1.82) is 0 Å². The highest BCUT2D eigenvalue weighted by molar-refractivity contribution is 7.99. The molecule has 3 nitrogen and oxygen atoms in total. The van der Waals surface area contributed by atoms with E-state index in [1.165, 1.54) is 0 Å². The molecule has 1 unspecified atom stereocenters. The Morgan fingerprint density at radius 2 is 1.82 bits per heavy atom. The number of nitrogens with two attached hydrogens (primary N) is 1. The number of hydrogen-bond acceptors (Lipinski definition) is 4. The first-order valence-electron chi connectivity index (χ1n) is 5.47. The molecule has 0 aliphatic carbocycles. The summed E-state index contributed by atoms with van der Waals surface area (Å²) in [4.78, 5) is 8.48. The largest absolute Gasteiger partial charge is 0.323 e. The predicted octanol–water partition coefficient (Wildman–Crippen LogP) is 2.58. The fourth-order valence-electron chi connectivity index (χ4n) is 1.42. The van der Waals surface area contributed by atoms with Crippen LogP contribution in [0.5, 0.6) is 0 Å². The summed E-state index contributed by atoms with van der Waals surface area (Å²) >= 11 is 1.58. The Labute approximate surface area is 105 Å². The normalized spacial score (nSPS) is 12.4. The standard InChI is InChI=1S/C13H15N3S/c1-10-7-15-13(16-8-10)17-9-12(14)11-5-3-2-4-6-11/h2-8,12H,9,14H2,1H3. The second-order valence-corrected chi connectivity index (χ2v) is 4.86. The number of aryl methyl sites for hydroxylation is 1. The van der Waals surface area contributed by atoms with Crippen molar-refractivity contribution in [2.24, 2.45) is 5.73 Å². The van der Waals surface area contributed by atoms with Gasteiger partial charge in [-0.05, 0) is 18.1 Å². The Morgan fingerprint density at radius 1 is 1.18 bits per heavy atom. The van der Waals surface area contributed by atoms with Crippen LogP contribution in [0.4, 0.5) is 0 Å². The molecule has 0 amide bonds. The van der Waals surface area contributed by atoms with E-state index in [4.69, 9.17) is 5.73 Å². The lowest BCUT2D eigenvalue weighted by Gasteiger charge is -2.10. The molecule has 0 bridgehead atoms. The van der Waals surface area contributed by atoms with Crippen LogP contribution in [0.1, 0.15) is 17.2 Å². The maximum absolute atomic E-state index is 6.10. The van der Waals surface area contributed by atoms with Crippen LogP contribution in [0.25, 0.3) is 0 Å². The lowest BCUT2D eigenvalue weighted by Crippen LogP contribution is -2.12. The first-order valence-corrected chi connectivity index (χ1v) is 6.46. The average Bonchev–Trinajstić information content (AvgIpc) is 2.39. The number of rotatable bonds is 4. The van der Waals surface area contributed by atoms with Gasteiger partial charge in [-0.3, -0.25) is 0 Å².